The number of amides is 1. The Balaban J connectivity index is 2.67. The summed E-state index contributed by atoms with van der Waals surface area (Å²) in [7, 11) is 1.66. The first-order chi connectivity index (χ1) is 6.49. The fraction of sp³-hybridized carbons (Fsp3) is 0.900. The number of rotatable bonds is 3. The Kier molecular flexibility index (Phi) is 3.50. The number of hydrogen-bond donors (Lipinski definition) is 1. The van der Waals surface area contributed by atoms with E-state index in [1.165, 1.54) is 0 Å². The highest BCUT2D eigenvalue weighted by Crippen LogP contribution is 2.18. The molecular weight excluding hydrogens is 180 g/mol. The lowest BCUT2D eigenvalue weighted by Crippen LogP contribution is -2.64. The summed E-state index contributed by atoms with van der Waals surface area (Å²) >= 11 is 0. The second kappa shape index (κ2) is 4.28. The van der Waals surface area contributed by atoms with E-state index in [4.69, 9.17) is 4.74 Å². The predicted molar refractivity (Wildman–Crippen MR) is 55.1 cm³/mol. The van der Waals surface area contributed by atoms with Crippen molar-refractivity contribution in [2.45, 2.75) is 32.4 Å². The lowest BCUT2D eigenvalue weighted by atomic mass is 9.97. The number of carbonyl (C=O) groups is 1. The van der Waals surface area contributed by atoms with Crippen LogP contribution in [0.4, 0.5) is 0 Å². The highest BCUT2D eigenvalue weighted by atomic mass is 16.5. The molecule has 4 nitrogen and oxygen atoms in total. The van der Waals surface area contributed by atoms with Crippen LogP contribution < -0.4 is 5.32 Å². The van der Waals surface area contributed by atoms with Crippen LogP contribution in [0.5, 0.6) is 0 Å². The van der Waals surface area contributed by atoms with Gasteiger partial charge in [0.25, 0.3) is 0 Å². The maximum Gasteiger partial charge on any atom is 0.239 e. The van der Waals surface area contributed by atoms with Crippen LogP contribution in [0.1, 0.15) is 20.8 Å². The Bertz CT molecular complexity index is 216. The molecular formula is C10H20N2O2. The Labute approximate surface area is 85.6 Å². The van der Waals surface area contributed by atoms with Gasteiger partial charge in [0.1, 0.15) is 0 Å². The van der Waals surface area contributed by atoms with E-state index in [0.717, 1.165) is 6.54 Å². The minimum Gasteiger partial charge on any atom is -0.383 e. The minimum atomic E-state index is -0.109. The fourth-order valence-corrected chi connectivity index (χ4v) is 1.71. The molecule has 0 saturated carbocycles. The van der Waals surface area contributed by atoms with Crippen LogP contribution in [0.25, 0.3) is 0 Å². The number of carbonyl (C=O) groups excluding carboxylic acids is 1. The topological polar surface area (TPSA) is 41.6 Å². The zero-order chi connectivity index (χ0) is 10.8. The lowest BCUT2D eigenvalue weighted by molar-refractivity contribution is -0.143. The van der Waals surface area contributed by atoms with E-state index < -0.39 is 0 Å². The van der Waals surface area contributed by atoms with Gasteiger partial charge in [-0.25, -0.2) is 0 Å². The molecule has 1 unspecified atom stereocenters. The van der Waals surface area contributed by atoms with E-state index in [2.05, 4.69) is 19.2 Å². The van der Waals surface area contributed by atoms with Crippen molar-refractivity contribution in [1.82, 2.24) is 10.2 Å². The summed E-state index contributed by atoms with van der Waals surface area (Å²) in [5.74, 6) is 0.165. The fourth-order valence-electron chi connectivity index (χ4n) is 1.71. The van der Waals surface area contributed by atoms with Crippen LogP contribution in [0.15, 0.2) is 0 Å². The van der Waals surface area contributed by atoms with Crippen molar-refractivity contribution in [3.8, 4) is 0 Å². The lowest BCUT2D eigenvalue weighted by Gasteiger charge is -2.45. The van der Waals surface area contributed by atoms with E-state index in [-0.39, 0.29) is 17.5 Å². The molecule has 1 N–H and O–H groups in total. The quantitative estimate of drug-likeness (QED) is 0.709. The number of piperazine rings is 1. The van der Waals surface area contributed by atoms with Gasteiger partial charge in [-0.1, -0.05) is 0 Å². The summed E-state index contributed by atoms with van der Waals surface area (Å²) in [6.07, 6.45) is 0. The third-order valence-corrected chi connectivity index (χ3v) is 2.73. The van der Waals surface area contributed by atoms with Crippen LogP contribution >= 0.6 is 0 Å². The van der Waals surface area contributed by atoms with Crippen molar-refractivity contribution in [2.75, 3.05) is 26.8 Å². The molecule has 1 amide bonds. The van der Waals surface area contributed by atoms with Crippen molar-refractivity contribution in [3.63, 3.8) is 0 Å². The van der Waals surface area contributed by atoms with Crippen LogP contribution in [0, 0.1) is 0 Å². The second-order valence-electron chi connectivity index (χ2n) is 4.40. The summed E-state index contributed by atoms with van der Waals surface area (Å²) in [6.45, 7) is 8.15. The minimum absolute atomic E-state index is 0.0696. The second-order valence-corrected chi connectivity index (χ2v) is 4.40. The van der Waals surface area contributed by atoms with Gasteiger partial charge in [0.2, 0.25) is 5.91 Å². The van der Waals surface area contributed by atoms with Crippen LogP contribution in [-0.4, -0.2) is 49.2 Å². The maximum atomic E-state index is 11.9. The number of hydrogen-bond acceptors (Lipinski definition) is 3. The maximum absolute atomic E-state index is 11.9. The molecule has 0 aromatic rings. The molecule has 82 valence electrons. The molecule has 1 aliphatic heterocycles. The molecule has 1 fully saturated rings. The van der Waals surface area contributed by atoms with Gasteiger partial charge in [0, 0.05) is 25.7 Å². The zero-order valence-electron chi connectivity index (χ0n) is 9.46. The normalized spacial score (nSPS) is 26.7. The van der Waals surface area contributed by atoms with E-state index in [9.17, 15) is 4.79 Å². The number of ether oxygens (including phenoxy) is 1. The Morgan fingerprint density at radius 1 is 1.64 bits per heavy atom. The molecule has 4 heteroatoms. The molecule has 0 aromatic heterocycles. The Hall–Kier alpha value is -0.610. The molecule has 1 aliphatic rings. The molecule has 1 atom stereocenters. The molecule has 1 saturated heterocycles. The van der Waals surface area contributed by atoms with Gasteiger partial charge in [-0.2, -0.15) is 0 Å². The van der Waals surface area contributed by atoms with Crippen molar-refractivity contribution in [2.24, 2.45) is 0 Å². The number of methoxy groups -OCH3 is 1. The van der Waals surface area contributed by atoms with Gasteiger partial charge >= 0.3 is 0 Å². The first-order valence-electron chi connectivity index (χ1n) is 5.03. The molecule has 0 bridgehead atoms. The van der Waals surface area contributed by atoms with Crippen molar-refractivity contribution in [1.29, 1.82) is 0 Å². The highest BCUT2D eigenvalue weighted by molar-refractivity contribution is 5.83. The van der Waals surface area contributed by atoms with E-state index in [1.807, 2.05) is 11.8 Å². The summed E-state index contributed by atoms with van der Waals surface area (Å²) in [5, 5.41) is 3.20. The van der Waals surface area contributed by atoms with E-state index in [1.54, 1.807) is 7.11 Å². The van der Waals surface area contributed by atoms with Crippen LogP contribution in [0.2, 0.25) is 0 Å². The van der Waals surface area contributed by atoms with E-state index >= 15 is 0 Å². The van der Waals surface area contributed by atoms with Crippen molar-refractivity contribution >= 4 is 5.91 Å². The summed E-state index contributed by atoms with van der Waals surface area (Å²) in [6, 6.07) is -0.0696. The van der Waals surface area contributed by atoms with Crippen molar-refractivity contribution < 1.29 is 9.53 Å². The van der Waals surface area contributed by atoms with E-state index in [0.29, 0.717) is 13.2 Å². The van der Waals surface area contributed by atoms with Gasteiger partial charge in [-0.15, -0.1) is 0 Å². The molecule has 14 heavy (non-hydrogen) atoms. The monoisotopic (exact) mass is 200 g/mol. The third kappa shape index (κ3) is 2.25. The SMILES string of the molecule is COCCN1C(=O)C(C)NCC1(C)C. The molecule has 0 radical (unpaired) electrons. The van der Waals surface area contributed by atoms with Crippen molar-refractivity contribution in [3.05, 3.63) is 0 Å². The Morgan fingerprint density at radius 2 is 2.29 bits per heavy atom. The molecule has 0 aromatic carbocycles. The Morgan fingerprint density at radius 3 is 2.86 bits per heavy atom. The highest BCUT2D eigenvalue weighted by Gasteiger charge is 2.37. The molecule has 1 heterocycles. The molecule has 0 spiro atoms. The smallest absolute Gasteiger partial charge is 0.239 e. The van der Waals surface area contributed by atoms with Crippen LogP contribution in [-0.2, 0) is 9.53 Å². The van der Waals surface area contributed by atoms with Gasteiger partial charge in [-0.05, 0) is 20.8 Å². The summed E-state index contributed by atoms with van der Waals surface area (Å²) in [5.41, 5.74) is -0.109. The van der Waals surface area contributed by atoms with Crippen LogP contribution in [0.3, 0.4) is 0 Å². The van der Waals surface area contributed by atoms with Gasteiger partial charge in [0.05, 0.1) is 12.6 Å². The number of nitrogens with one attached hydrogen (secondary N) is 1. The van der Waals surface area contributed by atoms with Gasteiger partial charge < -0.3 is 15.0 Å². The zero-order valence-corrected chi connectivity index (χ0v) is 9.46. The third-order valence-electron chi connectivity index (χ3n) is 2.73. The van der Waals surface area contributed by atoms with Gasteiger partial charge in [-0.3, -0.25) is 4.79 Å². The summed E-state index contributed by atoms with van der Waals surface area (Å²) in [4.78, 5) is 13.8. The average Bonchev–Trinajstić information content (AvgIpc) is 2.12. The summed E-state index contributed by atoms with van der Waals surface area (Å²) < 4.78 is 5.01. The molecule has 0 aliphatic carbocycles. The predicted octanol–water partition coefficient (Wildman–Crippen LogP) is 0.232. The largest absolute Gasteiger partial charge is 0.383 e. The first-order valence-corrected chi connectivity index (χ1v) is 5.03. The molecule has 1 rings (SSSR count). The average molecular weight is 200 g/mol. The standard InChI is InChI=1S/C10H20N2O2/c1-8-9(13)12(5-6-14-4)10(2,3)7-11-8/h8,11H,5-7H2,1-4H3. The first kappa shape index (κ1) is 11.5. The number of nitrogens with zero attached hydrogens (tertiary/aromatic N) is 1. The van der Waals surface area contributed by atoms with Gasteiger partial charge in [0.15, 0.2) is 0 Å².